The van der Waals surface area contributed by atoms with E-state index in [0.717, 1.165) is 50.3 Å². The third-order valence-corrected chi connectivity index (χ3v) is 4.25. The van der Waals surface area contributed by atoms with Gasteiger partial charge in [-0.05, 0) is 51.1 Å². The highest BCUT2D eigenvalue weighted by molar-refractivity contribution is 5.72. The number of fused-ring (bicyclic) bond motifs is 1. The van der Waals surface area contributed by atoms with Gasteiger partial charge in [0, 0.05) is 12.6 Å². The highest BCUT2D eigenvalue weighted by atomic mass is 16.4. The summed E-state index contributed by atoms with van der Waals surface area (Å²) in [5.74, 6) is 0.871. The standard InChI is InChI=1S/C14H21N3O2/c18-14(19)12-4-1-5-13-16-11(9-17(12)13)7-10-3-2-6-15-8-10/h9-10,12,15H,1-8H2,(H,18,19). The molecule has 2 aliphatic heterocycles. The molecule has 0 radical (unpaired) electrons. The van der Waals surface area contributed by atoms with Crippen LogP contribution in [-0.4, -0.2) is 33.7 Å². The molecule has 5 heteroatoms. The van der Waals surface area contributed by atoms with Crippen molar-refractivity contribution in [1.82, 2.24) is 14.9 Å². The van der Waals surface area contributed by atoms with Crippen LogP contribution in [0, 0.1) is 5.92 Å². The second-order valence-electron chi connectivity index (χ2n) is 5.72. The Balaban J connectivity index is 1.75. The van der Waals surface area contributed by atoms with Crippen molar-refractivity contribution in [1.29, 1.82) is 0 Å². The number of carboxylic acids is 1. The van der Waals surface area contributed by atoms with Gasteiger partial charge >= 0.3 is 5.97 Å². The molecule has 0 aromatic carbocycles. The number of aromatic nitrogens is 2. The number of hydrogen-bond acceptors (Lipinski definition) is 3. The average molecular weight is 263 g/mol. The Labute approximate surface area is 113 Å². The van der Waals surface area contributed by atoms with Crippen molar-refractivity contribution >= 4 is 5.97 Å². The summed E-state index contributed by atoms with van der Waals surface area (Å²) in [6.07, 6.45) is 7.99. The van der Waals surface area contributed by atoms with Gasteiger partial charge in [-0.2, -0.15) is 0 Å². The third-order valence-electron chi connectivity index (χ3n) is 4.25. The summed E-state index contributed by atoms with van der Waals surface area (Å²) in [6, 6.07) is -0.408. The quantitative estimate of drug-likeness (QED) is 0.864. The number of aryl methyl sites for hydroxylation is 1. The molecular formula is C14H21N3O2. The maximum Gasteiger partial charge on any atom is 0.326 e. The molecule has 0 amide bonds. The third kappa shape index (κ3) is 2.66. The lowest BCUT2D eigenvalue weighted by molar-refractivity contribution is -0.141. The molecule has 0 aliphatic carbocycles. The second kappa shape index (κ2) is 5.33. The Hall–Kier alpha value is -1.36. The number of carbonyl (C=O) groups is 1. The largest absolute Gasteiger partial charge is 0.480 e. The van der Waals surface area contributed by atoms with Crippen LogP contribution in [0.2, 0.25) is 0 Å². The molecule has 0 bridgehead atoms. The van der Waals surface area contributed by atoms with E-state index < -0.39 is 12.0 Å². The molecule has 1 fully saturated rings. The van der Waals surface area contributed by atoms with Crippen LogP contribution in [0.15, 0.2) is 6.20 Å². The van der Waals surface area contributed by atoms with Gasteiger partial charge in [0.25, 0.3) is 0 Å². The first-order valence-electron chi connectivity index (χ1n) is 7.24. The minimum absolute atomic E-state index is 0.408. The predicted molar refractivity (Wildman–Crippen MR) is 71.1 cm³/mol. The summed E-state index contributed by atoms with van der Waals surface area (Å²) in [6.45, 7) is 2.18. The van der Waals surface area contributed by atoms with Crippen molar-refractivity contribution in [3.05, 3.63) is 17.7 Å². The smallest absolute Gasteiger partial charge is 0.326 e. The number of aliphatic carboxylic acids is 1. The molecule has 2 aliphatic rings. The van der Waals surface area contributed by atoms with Crippen molar-refractivity contribution in [2.75, 3.05) is 13.1 Å². The maximum atomic E-state index is 11.3. The van der Waals surface area contributed by atoms with Gasteiger partial charge in [-0.25, -0.2) is 9.78 Å². The predicted octanol–water partition coefficient (Wildman–Crippen LogP) is 1.39. The molecule has 2 atom stereocenters. The molecule has 1 aromatic rings. The van der Waals surface area contributed by atoms with E-state index in [1.807, 2.05) is 10.8 Å². The highest BCUT2D eigenvalue weighted by Gasteiger charge is 2.27. The minimum Gasteiger partial charge on any atom is -0.480 e. The summed E-state index contributed by atoms with van der Waals surface area (Å²) >= 11 is 0. The van der Waals surface area contributed by atoms with Crippen molar-refractivity contribution in [2.45, 2.75) is 44.6 Å². The average Bonchev–Trinajstić information content (AvgIpc) is 2.81. The zero-order chi connectivity index (χ0) is 13.2. The van der Waals surface area contributed by atoms with Crippen LogP contribution in [0.3, 0.4) is 0 Å². The Morgan fingerprint density at radius 3 is 3.11 bits per heavy atom. The molecule has 104 valence electrons. The van der Waals surface area contributed by atoms with Crippen molar-refractivity contribution in [2.24, 2.45) is 5.92 Å². The fraction of sp³-hybridized carbons (Fsp3) is 0.714. The topological polar surface area (TPSA) is 67.2 Å². The van der Waals surface area contributed by atoms with E-state index in [1.165, 1.54) is 12.8 Å². The van der Waals surface area contributed by atoms with Crippen LogP contribution >= 0.6 is 0 Å². The van der Waals surface area contributed by atoms with Crippen molar-refractivity contribution in [3.8, 4) is 0 Å². The fourth-order valence-corrected chi connectivity index (χ4v) is 3.27. The lowest BCUT2D eigenvalue weighted by Crippen LogP contribution is -2.30. The van der Waals surface area contributed by atoms with Gasteiger partial charge in [0.15, 0.2) is 0 Å². The molecule has 2 N–H and O–H groups in total. The summed E-state index contributed by atoms with van der Waals surface area (Å²) in [5, 5.41) is 12.7. The summed E-state index contributed by atoms with van der Waals surface area (Å²) in [4.78, 5) is 15.9. The van der Waals surface area contributed by atoms with Crippen LogP contribution in [0.25, 0.3) is 0 Å². The first-order valence-corrected chi connectivity index (χ1v) is 7.24. The van der Waals surface area contributed by atoms with Gasteiger partial charge in [-0.3, -0.25) is 0 Å². The number of rotatable bonds is 3. The summed E-state index contributed by atoms with van der Waals surface area (Å²) < 4.78 is 1.89. The molecule has 0 saturated carbocycles. The number of piperidine rings is 1. The Bertz CT molecular complexity index is 463. The lowest BCUT2D eigenvalue weighted by Gasteiger charge is -2.21. The van der Waals surface area contributed by atoms with Gasteiger partial charge in [0.1, 0.15) is 11.9 Å². The normalized spacial score (nSPS) is 26.9. The summed E-state index contributed by atoms with van der Waals surface area (Å²) in [7, 11) is 0. The Morgan fingerprint density at radius 1 is 1.47 bits per heavy atom. The molecule has 1 aromatic heterocycles. The Kier molecular flexibility index (Phi) is 3.55. The van der Waals surface area contributed by atoms with Crippen LogP contribution in [0.4, 0.5) is 0 Å². The monoisotopic (exact) mass is 263 g/mol. The van der Waals surface area contributed by atoms with Gasteiger partial charge in [0.2, 0.25) is 0 Å². The van der Waals surface area contributed by atoms with E-state index in [-0.39, 0.29) is 0 Å². The van der Waals surface area contributed by atoms with E-state index in [9.17, 15) is 9.90 Å². The van der Waals surface area contributed by atoms with Gasteiger partial charge < -0.3 is 15.0 Å². The zero-order valence-corrected chi connectivity index (χ0v) is 11.1. The Morgan fingerprint density at radius 2 is 2.37 bits per heavy atom. The van der Waals surface area contributed by atoms with E-state index >= 15 is 0 Å². The molecule has 2 unspecified atom stereocenters. The molecule has 0 spiro atoms. The van der Waals surface area contributed by atoms with Gasteiger partial charge in [0.05, 0.1) is 5.69 Å². The summed E-state index contributed by atoms with van der Waals surface area (Å²) in [5.41, 5.74) is 1.07. The first-order chi connectivity index (χ1) is 9.24. The number of nitrogens with one attached hydrogen (secondary N) is 1. The first kappa shape index (κ1) is 12.7. The van der Waals surface area contributed by atoms with Crippen molar-refractivity contribution < 1.29 is 9.90 Å². The molecular weight excluding hydrogens is 242 g/mol. The van der Waals surface area contributed by atoms with Gasteiger partial charge in [-0.15, -0.1) is 0 Å². The van der Waals surface area contributed by atoms with E-state index in [1.54, 1.807) is 0 Å². The van der Waals surface area contributed by atoms with Crippen LogP contribution < -0.4 is 5.32 Å². The molecule has 3 rings (SSSR count). The van der Waals surface area contributed by atoms with Gasteiger partial charge in [-0.1, -0.05) is 0 Å². The zero-order valence-electron chi connectivity index (χ0n) is 11.1. The SMILES string of the molecule is O=C(O)C1CCCc2nc(CC3CCCNC3)cn21. The number of hydrogen-bond donors (Lipinski definition) is 2. The number of imidazole rings is 1. The van der Waals surface area contributed by atoms with Crippen LogP contribution in [0.1, 0.15) is 43.2 Å². The highest BCUT2D eigenvalue weighted by Crippen LogP contribution is 2.26. The van der Waals surface area contributed by atoms with Crippen LogP contribution in [-0.2, 0) is 17.6 Å². The molecule has 5 nitrogen and oxygen atoms in total. The van der Waals surface area contributed by atoms with Crippen molar-refractivity contribution in [3.63, 3.8) is 0 Å². The van der Waals surface area contributed by atoms with E-state index in [2.05, 4.69) is 10.3 Å². The van der Waals surface area contributed by atoms with Crippen LogP contribution in [0.5, 0.6) is 0 Å². The lowest BCUT2D eigenvalue weighted by atomic mass is 9.95. The maximum absolute atomic E-state index is 11.3. The molecule has 3 heterocycles. The second-order valence-corrected chi connectivity index (χ2v) is 5.72. The fourth-order valence-electron chi connectivity index (χ4n) is 3.27. The van der Waals surface area contributed by atoms with E-state index in [0.29, 0.717) is 5.92 Å². The van der Waals surface area contributed by atoms with E-state index in [4.69, 9.17) is 0 Å². The number of carboxylic acid groups (broad SMARTS) is 1. The number of nitrogens with zero attached hydrogens (tertiary/aromatic N) is 2. The molecule has 19 heavy (non-hydrogen) atoms. The minimum atomic E-state index is -0.732. The molecule has 1 saturated heterocycles.